The lowest BCUT2D eigenvalue weighted by atomic mass is 10.2. The Morgan fingerprint density at radius 3 is 1.81 bits per heavy atom. The molecule has 0 heterocycles. The van der Waals surface area contributed by atoms with E-state index in [0.717, 1.165) is 24.8 Å². The summed E-state index contributed by atoms with van der Waals surface area (Å²) < 4.78 is 67.1. The number of carbonyl (C=O) groups is 1. The van der Waals surface area contributed by atoms with E-state index in [2.05, 4.69) is 4.74 Å². The van der Waals surface area contributed by atoms with Crippen molar-refractivity contribution in [2.75, 3.05) is 6.61 Å². The van der Waals surface area contributed by atoms with Crippen LogP contribution in [0, 0.1) is 6.92 Å². The second-order valence-electron chi connectivity index (χ2n) is 8.63. The Morgan fingerprint density at radius 1 is 0.784 bits per heavy atom. The fourth-order valence-corrected chi connectivity index (χ4v) is 8.71. The monoisotopic (exact) mass is 550 g/mol. The van der Waals surface area contributed by atoms with Gasteiger partial charge in [-0.05, 0) is 60.1 Å². The van der Waals surface area contributed by atoms with E-state index < -0.39 is 38.3 Å². The van der Waals surface area contributed by atoms with Gasteiger partial charge in [-0.1, -0.05) is 80.3 Å². The molecular formula is C28H32F2O5S2. The van der Waals surface area contributed by atoms with E-state index in [0.29, 0.717) is 21.1 Å². The van der Waals surface area contributed by atoms with Crippen LogP contribution in [0.4, 0.5) is 8.78 Å². The van der Waals surface area contributed by atoms with Crippen LogP contribution in [0.2, 0.25) is 0 Å². The Kier molecular flexibility index (Phi) is 9.87. The van der Waals surface area contributed by atoms with Crippen LogP contribution in [0.1, 0.15) is 44.6 Å². The van der Waals surface area contributed by atoms with Crippen molar-refractivity contribution in [3.05, 3.63) is 90.5 Å². The maximum absolute atomic E-state index is 15.2. The number of benzene rings is 3. The van der Waals surface area contributed by atoms with Gasteiger partial charge in [0.05, 0.1) is 0 Å². The zero-order chi connectivity index (χ0) is 26.9. The predicted octanol–water partition coefficient (Wildman–Crippen LogP) is 7.64. The number of aryl methyl sites for hydroxylation is 1. The van der Waals surface area contributed by atoms with Gasteiger partial charge >= 0.3 is 21.3 Å². The number of carbonyl (C=O) groups excluding carboxylic acids is 1. The van der Waals surface area contributed by atoms with E-state index in [1.807, 2.05) is 13.8 Å². The van der Waals surface area contributed by atoms with E-state index in [4.69, 9.17) is 3.63 Å². The Morgan fingerprint density at radius 2 is 1.30 bits per heavy atom. The maximum Gasteiger partial charge on any atom is 0.403 e. The number of hydrogen-bond donors (Lipinski definition) is 0. The predicted molar refractivity (Wildman–Crippen MR) is 141 cm³/mol. The van der Waals surface area contributed by atoms with Crippen LogP contribution in [-0.2, 0) is 23.3 Å². The molecule has 0 bridgehead atoms. The highest BCUT2D eigenvalue weighted by atomic mass is 32.3. The number of hydrogen-bond acceptors (Lipinski definition) is 5. The summed E-state index contributed by atoms with van der Waals surface area (Å²) in [6, 6.07) is 23.8. The van der Waals surface area contributed by atoms with Crippen LogP contribution < -0.4 is 0 Å². The number of alkyl halides is 2. The molecule has 0 saturated carbocycles. The van der Waals surface area contributed by atoms with Crippen LogP contribution in [0.5, 0.6) is 0 Å². The maximum atomic E-state index is 15.2. The number of unbranched alkanes of at least 4 members (excludes halogenated alkanes) is 3. The Bertz CT molecular complexity index is 1210. The summed E-state index contributed by atoms with van der Waals surface area (Å²) in [6.45, 7) is 2.26. The quantitative estimate of drug-likeness (QED) is 0.162. The van der Waals surface area contributed by atoms with Gasteiger partial charge in [0.25, 0.3) is 0 Å². The molecule has 3 aromatic rings. The summed E-state index contributed by atoms with van der Waals surface area (Å²) in [5, 5.41) is -4.46. The lowest BCUT2D eigenvalue weighted by molar-refractivity contribution is -0.149. The molecule has 0 amide bonds. The van der Waals surface area contributed by atoms with Crippen molar-refractivity contribution in [3.63, 3.8) is 0 Å². The summed E-state index contributed by atoms with van der Waals surface area (Å²) in [5.41, 5.74) is 0.914. The fourth-order valence-electron chi connectivity index (χ4n) is 3.67. The minimum Gasteiger partial charge on any atom is -0.458 e. The minimum absolute atomic E-state index is 0.0520. The first-order chi connectivity index (χ1) is 17.6. The van der Waals surface area contributed by atoms with Crippen molar-refractivity contribution in [3.8, 4) is 0 Å². The fraction of sp³-hybridized carbons (Fsp3) is 0.321. The molecule has 9 heteroatoms. The van der Waals surface area contributed by atoms with Crippen LogP contribution in [-0.4, -0.2) is 26.2 Å². The number of rotatable bonds is 13. The van der Waals surface area contributed by atoms with Crippen LogP contribution in [0.25, 0.3) is 0 Å². The van der Waals surface area contributed by atoms with Crippen LogP contribution >= 0.6 is 10.3 Å². The average molecular weight is 551 g/mol. The Labute approximate surface area is 219 Å². The molecule has 3 aromatic carbocycles. The number of ether oxygens (including phenoxy) is 1. The molecule has 5 nitrogen and oxygen atoms in total. The first-order valence-electron chi connectivity index (χ1n) is 12.1. The molecule has 0 N–H and O–H groups in total. The van der Waals surface area contributed by atoms with Gasteiger partial charge in [-0.25, -0.2) is 3.63 Å². The molecular weight excluding hydrogens is 518 g/mol. The summed E-state index contributed by atoms with van der Waals surface area (Å²) in [4.78, 5) is 13.3. The molecule has 0 fully saturated rings. The molecule has 0 aliphatic heterocycles. The van der Waals surface area contributed by atoms with E-state index >= 15 is 8.78 Å². The van der Waals surface area contributed by atoms with E-state index in [1.54, 1.807) is 84.9 Å². The van der Waals surface area contributed by atoms with Gasteiger partial charge in [0.2, 0.25) is 0 Å². The molecule has 37 heavy (non-hydrogen) atoms. The summed E-state index contributed by atoms with van der Waals surface area (Å²) in [6.07, 6.45) is 3.07. The average Bonchev–Trinajstić information content (AvgIpc) is 2.90. The van der Waals surface area contributed by atoms with Crippen molar-refractivity contribution in [1.29, 1.82) is 0 Å². The summed E-state index contributed by atoms with van der Waals surface area (Å²) in [5.74, 6) is -0.866. The highest BCUT2D eigenvalue weighted by molar-refractivity contribution is 8.33. The second-order valence-corrected chi connectivity index (χ2v) is 13.2. The first kappa shape index (κ1) is 28.8. The highest BCUT2D eigenvalue weighted by Crippen LogP contribution is 2.70. The van der Waals surface area contributed by atoms with Crippen molar-refractivity contribution >= 4 is 26.4 Å². The van der Waals surface area contributed by atoms with Crippen molar-refractivity contribution in [1.82, 2.24) is 0 Å². The molecule has 0 spiro atoms. The van der Waals surface area contributed by atoms with Crippen molar-refractivity contribution in [2.24, 2.45) is 0 Å². The zero-order valence-electron chi connectivity index (χ0n) is 20.9. The third kappa shape index (κ3) is 6.97. The SMILES string of the molecule is CCCCCCC(=O)OCC(F)(F)S(=O)(=O)OS(c1ccccc1)(c1ccccc1)c1ccc(C)cc1. The zero-order valence-corrected chi connectivity index (χ0v) is 22.6. The van der Waals surface area contributed by atoms with Crippen LogP contribution in [0.15, 0.2) is 99.6 Å². The van der Waals surface area contributed by atoms with Gasteiger partial charge in [0, 0.05) is 21.1 Å². The van der Waals surface area contributed by atoms with E-state index in [-0.39, 0.29) is 6.42 Å². The van der Waals surface area contributed by atoms with Gasteiger partial charge in [-0.3, -0.25) is 4.79 Å². The topological polar surface area (TPSA) is 69.7 Å². The standard InChI is InChI=1S/C28H32F2O5S2/c1-3-4-5-12-17-27(31)34-22-28(29,30)37(32,33)35-36(24-13-8-6-9-14-24,25-15-10-7-11-16-25)26-20-18-23(2)19-21-26/h6-11,13-16,18-21H,3-5,12,17,22H2,1-2H3. The molecule has 0 aliphatic rings. The second kappa shape index (κ2) is 12.7. The van der Waals surface area contributed by atoms with Gasteiger partial charge < -0.3 is 4.74 Å². The third-order valence-corrected chi connectivity index (χ3v) is 10.9. The largest absolute Gasteiger partial charge is 0.458 e. The minimum atomic E-state index is -5.57. The lowest BCUT2D eigenvalue weighted by Crippen LogP contribution is -2.37. The van der Waals surface area contributed by atoms with Gasteiger partial charge in [-0.15, -0.1) is 0 Å². The van der Waals surface area contributed by atoms with E-state index in [1.165, 1.54) is 0 Å². The number of halogens is 2. The molecule has 3 rings (SSSR count). The molecule has 0 radical (unpaired) electrons. The summed E-state index contributed by atoms with van der Waals surface area (Å²) >= 11 is 0. The Hall–Kier alpha value is -2.75. The molecule has 0 atom stereocenters. The van der Waals surface area contributed by atoms with Gasteiger partial charge in [0.1, 0.15) is 0 Å². The van der Waals surface area contributed by atoms with Crippen molar-refractivity contribution < 1.29 is 30.4 Å². The van der Waals surface area contributed by atoms with Crippen LogP contribution in [0.3, 0.4) is 0 Å². The molecule has 0 aliphatic carbocycles. The molecule has 0 saturated heterocycles. The Balaban J connectivity index is 2.01. The molecule has 0 aromatic heterocycles. The molecule has 200 valence electrons. The van der Waals surface area contributed by atoms with Crippen molar-refractivity contribution in [2.45, 2.75) is 65.9 Å². The lowest BCUT2D eigenvalue weighted by Gasteiger charge is -2.40. The first-order valence-corrected chi connectivity index (χ1v) is 15.1. The summed E-state index contributed by atoms with van der Waals surface area (Å²) in [7, 11) is -8.73. The van der Waals surface area contributed by atoms with Gasteiger partial charge in [-0.2, -0.15) is 17.2 Å². The smallest absolute Gasteiger partial charge is 0.403 e. The third-order valence-electron chi connectivity index (χ3n) is 5.70. The highest BCUT2D eigenvalue weighted by Gasteiger charge is 2.52. The number of esters is 1. The normalized spacial score (nSPS) is 12.8. The van der Waals surface area contributed by atoms with Gasteiger partial charge in [0.15, 0.2) is 6.61 Å². The molecule has 0 unspecified atom stereocenters. The van der Waals surface area contributed by atoms with E-state index in [9.17, 15) is 13.2 Å².